The smallest absolute Gasteiger partial charge is 0.294 e. The van der Waals surface area contributed by atoms with Crippen molar-refractivity contribution in [1.82, 2.24) is 0 Å². The Bertz CT molecular complexity index is 3490. The molecule has 0 amide bonds. The molecule has 77 heavy (non-hydrogen) atoms. The summed E-state index contributed by atoms with van der Waals surface area (Å²) in [6, 6.07) is 35.8. The van der Waals surface area contributed by atoms with Gasteiger partial charge < -0.3 is 28.0 Å². The summed E-state index contributed by atoms with van der Waals surface area (Å²) in [5, 5.41) is 0. The third-order valence-corrected chi connectivity index (χ3v) is 15.9. The Labute approximate surface area is 485 Å². The van der Waals surface area contributed by atoms with E-state index in [9.17, 15) is 38.9 Å². The molecule has 6 aromatic rings. The van der Waals surface area contributed by atoms with Crippen molar-refractivity contribution in [3.63, 3.8) is 0 Å². The number of hydrogen-bond donors (Lipinski definition) is 1. The molecule has 2 atom stereocenters. The first-order valence-corrected chi connectivity index (χ1v) is 29.0. The molecule has 0 saturated heterocycles. The van der Waals surface area contributed by atoms with Crippen LogP contribution in [0.3, 0.4) is 0 Å². The second-order valence-electron chi connectivity index (χ2n) is 18.2. The number of benzene rings is 4. The molecular weight excluding hydrogens is 1380 g/mol. The zero-order valence-corrected chi connectivity index (χ0v) is 53.2. The van der Waals surface area contributed by atoms with E-state index in [-0.39, 0.29) is 50.6 Å². The van der Waals surface area contributed by atoms with Crippen molar-refractivity contribution in [2.24, 2.45) is 0 Å². The van der Waals surface area contributed by atoms with Gasteiger partial charge in [0.15, 0.2) is 0 Å². The third-order valence-electron chi connectivity index (χ3n) is 13.3. The van der Waals surface area contributed by atoms with Crippen molar-refractivity contribution in [3.05, 3.63) is 216 Å². The minimum Gasteiger partial charge on any atom is -0.748 e. The van der Waals surface area contributed by atoms with Gasteiger partial charge in [0.05, 0.1) is 59.8 Å². The van der Waals surface area contributed by atoms with E-state index >= 15 is 0 Å². The Morgan fingerprint density at radius 1 is 0.558 bits per heavy atom. The van der Waals surface area contributed by atoms with Crippen molar-refractivity contribution in [2.45, 2.75) is 103 Å². The van der Waals surface area contributed by atoms with Gasteiger partial charge in [-0.1, -0.05) is 95.3 Å². The zero-order chi connectivity index (χ0) is 55.8. The van der Waals surface area contributed by atoms with Gasteiger partial charge in [-0.25, -0.2) is 16.8 Å². The summed E-state index contributed by atoms with van der Waals surface area (Å²) in [7, 11) is -5.87. The van der Waals surface area contributed by atoms with E-state index in [2.05, 4.69) is 57.1 Å². The first-order valence-electron chi connectivity index (χ1n) is 24.6. The third kappa shape index (κ3) is 14.8. The van der Waals surface area contributed by atoms with Gasteiger partial charge in [0.2, 0.25) is 0 Å². The number of anilines is 4. The zero-order valence-electron chi connectivity index (χ0n) is 45.3. The molecule has 0 aliphatic carbocycles. The molecular formula is C59H68N4O9Re2S3-2. The molecule has 2 radical (unpaired) electrons. The van der Waals surface area contributed by atoms with Crippen molar-refractivity contribution < 1.29 is 88.9 Å². The monoisotopic (exact) mass is 1450 g/mol. The van der Waals surface area contributed by atoms with Crippen LogP contribution >= 0.6 is 0 Å². The predicted octanol–water partition coefficient (Wildman–Crippen LogP) is 11.6. The van der Waals surface area contributed by atoms with Crippen molar-refractivity contribution >= 4 is 65.3 Å². The Balaban J connectivity index is 0.000000373. The molecule has 2 unspecified atom stereocenters. The molecule has 2 aromatic heterocycles. The molecule has 18 heteroatoms. The molecule has 412 valence electrons. The molecule has 2 aliphatic rings. The molecule has 4 aromatic carbocycles. The number of aryl methyl sites for hydroxylation is 4. The average molecular weight is 1450 g/mol. The number of aromatic nitrogens is 2. The van der Waals surface area contributed by atoms with Crippen LogP contribution in [0.15, 0.2) is 167 Å². The maximum atomic E-state index is 12.1. The SMILES string of the molecule is CC.CC.[CH2-][n+]1c(C)cc(C=CC=C2N(c3ccccc3)c3ccc(S(=O)(=O)O)cc3C2(C)CS(=O)(=O)[O-])cc1C.[CH2-][n+]1c(C)cc(C=CC=C2N(c3ccccc3)c3ccc(S(=O)(=O)[O-])cc3C2(C)CC)cc1C.[Re].[Re]. The van der Waals surface area contributed by atoms with Crippen LogP contribution in [0, 0.1) is 41.8 Å². The van der Waals surface area contributed by atoms with Crippen molar-refractivity contribution in [1.29, 1.82) is 0 Å². The van der Waals surface area contributed by atoms with Gasteiger partial charge in [-0.2, -0.15) is 8.42 Å². The summed E-state index contributed by atoms with van der Waals surface area (Å²) >= 11 is 0. The topological polar surface area (TPSA) is 183 Å². The van der Waals surface area contributed by atoms with Gasteiger partial charge in [0.1, 0.15) is 10.1 Å². The van der Waals surface area contributed by atoms with E-state index in [4.69, 9.17) is 0 Å². The normalized spacial score (nSPS) is 17.8. The van der Waals surface area contributed by atoms with Crippen LogP contribution < -0.4 is 18.9 Å². The van der Waals surface area contributed by atoms with E-state index in [0.717, 1.165) is 63.0 Å². The van der Waals surface area contributed by atoms with Crippen LogP contribution in [-0.2, 0) is 82.0 Å². The molecule has 8 rings (SSSR count). The number of pyridine rings is 2. The molecule has 1 N–H and O–H groups in total. The largest absolute Gasteiger partial charge is 0.748 e. The quantitative estimate of drug-likeness (QED) is 0.0740. The molecule has 0 fully saturated rings. The van der Waals surface area contributed by atoms with E-state index in [1.807, 2.05) is 149 Å². The Kier molecular flexibility index (Phi) is 23.0. The van der Waals surface area contributed by atoms with E-state index in [0.29, 0.717) is 22.6 Å². The number of allylic oxidation sites excluding steroid dienone is 6. The second kappa shape index (κ2) is 26.9. The summed E-state index contributed by atoms with van der Waals surface area (Å²) in [6.45, 7) is 21.7. The van der Waals surface area contributed by atoms with Crippen LogP contribution in [0.5, 0.6) is 0 Å². The fourth-order valence-electron chi connectivity index (χ4n) is 9.36. The summed E-state index contributed by atoms with van der Waals surface area (Å²) < 4.78 is 109. The molecule has 2 aliphatic heterocycles. The second-order valence-corrected chi connectivity index (χ2v) is 22.4. The van der Waals surface area contributed by atoms with Gasteiger partial charge in [0.25, 0.3) is 10.1 Å². The molecule has 13 nitrogen and oxygen atoms in total. The first-order chi connectivity index (χ1) is 35.3. The van der Waals surface area contributed by atoms with Crippen LogP contribution in [0.2, 0.25) is 0 Å². The van der Waals surface area contributed by atoms with Crippen molar-refractivity contribution in [3.8, 4) is 0 Å². The van der Waals surface area contributed by atoms with Gasteiger partial charge in [-0.05, 0) is 167 Å². The molecule has 0 spiro atoms. The van der Waals surface area contributed by atoms with Crippen molar-refractivity contribution in [2.75, 3.05) is 15.6 Å². The average Bonchev–Trinajstić information content (AvgIpc) is 3.76. The van der Waals surface area contributed by atoms with Crippen LogP contribution in [0.1, 0.15) is 99.9 Å². The number of hydrogen-bond acceptors (Lipinski definition) is 10. The summed E-state index contributed by atoms with van der Waals surface area (Å²) in [5.74, 6) is -0.810. The molecule has 0 saturated carbocycles. The van der Waals surface area contributed by atoms with Crippen LogP contribution in [-0.4, -0.2) is 44.7 Å². The van der Waals surface area contributed by atoms with Crippen LogP contribution in [0.4, 0.5) is 22.7 Å². The van der Waals surface area contributed by atoms with E-state index in [1.165, 1.54) is 24.3 Å². The fraction of sp³-hybridized carbons (Fsp3) is 0.254. The summed E-state index contributed by atoms with van der Waals surface area (Å²) in [6.07, 6.45) is 12.2. The molecule has 0 bridgehead atoms. The standard InChI is InChI=1S/C28H30N2O3S.C27H28N2O6S2.2C2H6.2Re/c1-6-28(4)25-19-24(34(31,32)33)15-16-26(25)30(23-12-8-7-9-13-23)27(28)14-10-11-22-17-20(2)29(5)21(3)18-22;1-19-15-21(16-20(2)28(19)4)9-8-12-26-27(3,18-36(30,31)32)24-17-23(37(33,34)35)13-14-25(24)29(26)22-10-6-5-7-11-22;2*1-2;;/h7-19H,5-6H2,1-4H3,(H,31,32,33);5-17H,4,18H2,1-3H3,(H,30,31,32)(H,33,34,35);2*1-2H3;;/p-2. The number of nitrogens with zero attached hydrogens (tertiary/aromatic N) is 4. The summed E-state index contributed by atoms with van der Waals surface area (Å²) in [4.78, 5) is 3.36. The van der Waals surface area contributed by atoms with Gasteiger partial charge in [0, 0.05) is 88.5 Å². The van der Waals surface area contributed by atoms with Gasteiger partial charge in [-0.15, -0.1) is 0 Å². The maximum absolute atomic E-state index is 12.1. The number of rotatable bonds is 11. The van der Waals surface area contributed by atoms with E-state index < -0.39 is 46.9 Å². The van der Waals surface area contributed by atoms with E-state index in [1.54, 1.807) is 36.1 Å². The fourth-order valence-corrected chi connectivity index (χ4v) is 11.4. The number of fused-ring (bicyclic) bond motifs is 2. The predicted molar refractivity (Wildman–Crippen MR) is 298 cm³/mol. The minimum atomic E-state index is -4.75. The maximum Gasteiger partial charge on any atom is 0.294 e. The summed E-state index contributed by atoms with van der Waals surface area (Å²) in [5.41, 5.74) is 9.80. The molecule has 4 heterocycles. The van der Waals surface area contributed by atoms with Crippen LogP contribution in [0.25, 0.3) is 12.2 Å². The Morgan fingerprint density at radius 3 is 1.26 bits per heavy atom. The first kappa shape index (κ1) is 65.8. The Morgan fingerprint density at radius 2 is 0.909 bits per heavy atom. The van der Waals surface area contributed by atoms with Gasteiger partial charge >= 0.3 is 0 Å². The van der Waals surface area contributed by atoms with Gasteiger partial charge in [-0.3, -0.25) is 4.55 Å². The minimum absolute atomic E-state index is 0. The Hall–Kier alpha value is -5.47. The number of para-hydroxylation sites is 2.